The summed E-state index contributed by atoms with van der Waals surface area (Å²) in [5.41, 5.74) is 1.25. The molecule has 1 unspecified atom stereocenters. The van der Waals surface area contributed by atoms with Crippen molar-refractivity contribution in [1.29, 1.82) is 0 Å². The predicted octanol–water partition coefficient (Wildman–Crippen LogP) is 3.79. The van der Waals surface area contributed by atoms with Crippen molar-refractivity contribution in [3.8, 4) is 0 Å². The maximum atomic E-state index is 10.0. The van der Waals surface area contributed by atoms with E-state index in [9.17, 15) is 5.11 Å². The van der Waals surface area contributed by atoms with Gasteiger partial charge in [-0.05, 0) is 35.1 Å². The molecule has 1 nitrogen and oxygen atoms in total. The van der Waals surface area contributed by atoms with Crippen LogP contribution in [0, 0.1) is 5.92 Å². The van der Waals surface area contributed by atoms with Gasteiger partial charge in [0.2, 0.25) is 0 Å². The molecule has 90 valence electrons. The largest absolute Gasteiger partial charge is 0.393 e. The fourth-order valence-corrected chi connectivity index (χ4v) is 2.35. The summed E-state index contributed by atoms with van der Waals surface area (Å²) in [6.07, 6.45) is 1.38. The van der Waals surface area contributed by atoms with Gasteiger partial charge in [0.1, 0.15) is 0 Å². The van der Waals surface area contributed by atoms with Crippen molar-refractivity contribution >= 4 is 10.8 Å². The van der Waals surface area contributed by atoms with Crippen LogP contribution in [0.1, 0.15) is 25.8 Å². The average molecular weight is 228 g/mol. The van der Waals surface area contributed by atoms with Crippen LogP contribution in [0.3, 0.4) is 0 Å². The average Bonchev–Trinajstić information content (AvgIpc) is 2.28. The van der Waals surface area contributed by atoms with Crippen LogP contribution in [0.15, 0.2) is 42.5 Å². The van der Waals surface area contributed by atoms with Gasteiger partial charge in [-0.3, -0.25) is 0 Å². The second-order valence-electron chi connectivity index (χ2n) is 5.13. The molecule has 0 saturated heterocycles. The predicted molar refractivity (Wildman–Crippen MR) is 73.1 cm³/mol. The highest BCUT2D eigenvalue weighted by atomic mass is 16.3. The zero-order valence-corrected chi connectivity index (χ0v) is 10.6. The highest BCUT2D eigenvalue weighted by Crippen LogP contribution is 2.21. The Labute approximate surface area is 103 Å². The molecule has 2 aromatic carbocycles. The van der Waals surface area contributed by atoms with E-state index in [1.54, 1.807) is 0 Å². The molecule has 0 aliphatic carbocycles. The highest BCUT2D eigenvalue weighted by Gasteiger charge is 2.09. The molecule has 2 rings (SSSR count). The lowest BCUT2D eigenvalue weighted by atomic mass is 9.96. The minimum atomic E-state index is -0.235. The van der Waals surface area contributed by atoms with Crippen molar-refractivity contribution in [3.63, 3.8) is 0 Å². The van der Waals surface area contributed by atoms with E-state index in [0.29, 0.717) is 5.92 Å². The van der Waals surface area contributed by atoms with Crippen LogP contribution in [0.5, 0.6) is 0 Å². The number of aliphatic hydroxyl groups is 1. The Morgan fingerprint density at radius 1 is 1.00 bits per heavy atom. The van der Waals surface area contributed by atoms with Crippen molar-refractivity contribution in [1.82, 2.24) is 0 Å². The van der Waals surface area contributed by atoms with Crippen LogP contribution in [-0.2, 0) is 6.42 Å². The molecule has 1 heteroatoms. The Morgan fingerprint density at radius 3 is 2.47 bits per heavy atom. The first-order valence-electron chi connectivity index (χ1n) is 6.31. The Bertz CT molecular complexity index is 482. The van der Waals surface area contributed by atoms with E-state index in [4.69, 9.17) is 0 Å². The van der Waals surface area contributed by atoms with E-state index in [-0.39, 0.29) is 6.10 Å². The summed E-state index contributed by atoms with van der Waals surface area (Å²) in [7, 11) is 0. The van der Waals surface area contributed by atoms with Gasteiger partial charge in [-0.2, -0.15) is 0 Å². The molecule has 0 radical (unpaired) electrons. The van der Waals surface area contributed by atoms with Gasteiger partial charge >= 0.3 is 0 Å². The third kappa shape index (κ3) is 3.07. The fraction of sp³-hybridized carbons (Fsp3) is 0.375. The van der Waals surface area contributed by atoms with Crippen LogP contribution < -0.4 is 0 Å². The highest BCUT2D eigenvalue weighted by molar-refractivity contribution is 5.85. The second kappa shape index (κ2) is 5.33. The number of fused-ring (bicyclic) bond motifs is 1. The van der Waals surface area contributed by atoms with E-state index in [0.717, 1.165) is 12.8 Å². The van der Waals surface area contributed by atoms with Gasteiger partial charge in [-0.1, -0.05) is 56.3 Å². The second-order valence-corrected chi connectivity index (χ2v) is 5.13. The minimum absolute atomic E-state index is 0.235. The van der Waals surface area contributed by atoms with Crippen LogP contribution >= 0.6 is 0 Å². The quantitative estimate of drug-likeness (QED) is 0.844. The molecule has 0 aliphatic heterocycles. The lowest BCUT2D eigenvalue weighted by molar-refractivity contribution is 0.149. The van der Waals surface area contributed by atoms with Crippen molar-refractivity contribution in [3.05, 3.63) is 48.0 Å². The minimum Gasteiger partial charge on any atom is -0.393 e. The van der Waals surface area contributed by atoms with Crippen LogP contribution in [0.2, 0.25) is 0 Å². The Kier molecular flexibility index (Phi) is 3.80. The molecule has 0 saturated carbocycles. The van der Waals surface area contributed by atoms with Gasteiger partial charge in [-0.15, -0.1) is 0 Å². The van der Waals surface area contributed by atoms with E-state index in [1.165, 1.54) is 16.3 Å². The summed E-state index contributed by atoms with van der Waals surface area (Å²) in [6.45, 7) is 4.29. The van der Waals surface area contributed by atoms with Crippen molar-refractivity contribution < 1.29 is 5.11 Å². The maximum absolute atomic E-state index is 10.0. The normalized spacial score (nSPS) is 13.2. The van der Waals surface area contributed by atoms with Gasteiger partial charge in [0.25, 0.3) is 0 Å². The summed E-state index contributed by atoms with van der Waals surface area (Å²) in [5, 5.41) is 12.5. The zero-order valence-electron chi connectivity index (χ0n) is 10.6. The van der Waals surface area contributed by atoms with E-state index in [2.05, 4.69) is 56.3 Å². The lowest BCUT2D eigenvalue weighted by Gasteiger charge is -2.14. The smallest absolute Gasteiger partial charge is 0.0583 e. The van der Waals surface area contributed by atoms with Crippen LogP contribution in [0.25, 0.3) is 10.8 Å². The molecule has 17 heavy (non-hydrogen) atoms. The molecule has 0 fully saturated rings. The Morgan fingerprint density at radius 2 is 1.71 bits per heavy atom. The maximum Gasteiger partial charge on any atom is 0.0583 e. The summed E-state index contributed by atoms with van der Waals surface area (Å²) in [4.78, 5) is 0. The zero-order chi connectivity index (χ0) is 12.3. The number of aliphatic hydroxyl groups excluding tert-OH is 1. The number of rotatable bonds is 4. The molecular formula is C16H20O. The molecule has 0 amide bonds. The first kappa shape index (κ1) is 12.1. The Balaban J connectivity index is 2.24. The third-order valence-corrected chi connectivity index (χ3v) is 3.08. The lowest BCUT2D eigenvalue weighted by Crippen LogP contribution is -2.13. The van der Waals surface area contributed by atoms with Crippen LogP contribution in [0.4, 0.5) is 0 Å². The molecule has 2 aromatic rings. The summed E-state index contributed by atoms with van der Waals surface area (Å²) >= 11 is 0. The number of hydrogen-bond donors (Lipinski definition) is 1. The molecule has 1 atom stereocenters. The first-order valence-corrected chi connectivity index (χ1v) is 6.31. The topological polar surface area (TPSA) is 20.2 Å². The van der Waals surface area contributed by atoms with Crippen molar-refractivity contribution in [2.24, 2.45) is 5.92 Å². The van der Waals surface area contributed by atoms with E-state index in [1.807, 2.05) is 0 Å². The number of benzene rings is 2. The van der Waals surface area contributed by atoms with Crippen LogP contribution in [-0.4, -0.2) is 11.2 Å². The molecule has 0 heterocycles. The van der Waals surface area contributed by atoms with Gasteiger partial charge in [0.05, 0.1) is 6.10 Å². The molecular weight excluding hydrogens is 208 g/mol. The summed E-state index contributed by atoms with van der Waals surface area (Å²) < 4.78 is 0. The van der Waals surface area contributed by atoms with Gasteiger partial charge in [0.15, 0.2) is 0 Å². The monoisotopic (exact) mass is 228 g/mol. The standard InChI is InChI=1S/C16H20O/c1-12(2)10-15(17)11-14-8-5-7-13-6-3-4-9-16(13)14/h3-9,12,15,17H,10-11H2,1-2H3. The Hall–Kier alpha value is -1.34. The van der Waals surface area contributed by atoms with Crippen molar-refractivity contribution in [2.75, 3.05) is 0 Å². The fourth-order valence-electron chi connectivity index (χ4n) is 2.35. The summed E-state index contributed by atoms with van der Waals surface area (Å²) in [5.74, 6) is 0.542. The first-order chi connectivity index (χ1) is 8.16. The molecule has 0 aliphatic rings. The third-order valence-electron chi connectivity index (χ3n) is 3.08. The van der Waals surface area contributed by atoms with E-state index >= 15 is 0 Å². The van der Waals surface area contributed by atoms with Crippen molar-refractivity contribution in [2.45, 2.75) is 32.8 Å². The van der Waals surface area contributed by atoms with Gasteiger partial charge < -0.3 is 5.11 Å². The number of hydrogen-bond acceptors (Lipinski definition) is 1. The van der Waals surface area contributed by atoms with Gasteiger partial charge in [-0.25, -0.2) is 0 Å². The molecule has 1 N–H and O–H groups in total. The van der Waals surface area contributed by atoms with E-state index < -0.39 is 0 Å². The van der Waals surface area contributed by atoms with Gasteiger partial charge in [0, 0.05) is 0 Å². The molecule has 0 spiro atoms. The summed E-state index contributed by atoms with van der Waals surface area (Å²) in [6, 6.07) is 14.7. The SMILES string of the molecule is CC(C)CC(O)Cc1cccc2ccccc12. The molecule has 0 aromatic heterocycles. The molecule has 0 bridgehead atoms.